The normalized spacial score (nSPS) is 13.3. The number of rotatable bonds is 4. The molecule has 0 saturated carbocycles. The third-order valence-electron chi connectivity index (χ3n) is 3.99. The van der Waals surface area contributed by atoms with Gasteiger partial charge in [0.15, 0.2) is 0 Å². The van der Waals surface area contributed by atoms with Crippen LogP contribution in [0.25, 0.3) is 0 Å². The van der Waals surface area contributed by atoms with Crippen LogP contribution in [0.3, 0.4) is 0 Å². The topological polar surface area (TPSA) is 91.0 Å². The number of aromatic amines is 1. The Kier molecular flexibility index (Phi) is 4.41. The smallest absolute Gasteiger partial charge is 0.258 e. The first-order valence-corrected chi connectivity index (χ1v) is 7.92. The first kappa shape index (κ1) is 15.9. The van der Waals surface area contributed by atoms with E-state index in [1.165, 1.54) is 6.08 Å². The fourth-order valence-electron chi connectivity index (χ4n) is 2.76. The lowest BCUT2D eigenvalue weighted by molar-refractivity contribution is -0.114. The monoisotopic (exact) mass is 325 g/mol. The third-order valence-corrected chi connectivity index (χ3v) is 3.99. The molecule has 2 heterocycles. The summed E-state index contributed by atoms with van der Waals surface area (Å²) in [6.45, 7) is 6.16. The standard InChI is InChI=1S/C17H19N5O2/c1-3-14-18-17(21-20-14)19-16(24)12-7-8-13-11(10-12)6-5-9-22(13)15(23)4-2/h4,7-8,10H,2-3,5-6,9H2,1H3,(H2,18,19,20,21,24). The molecule has 1 aliphatic rings. The molecule has 24 heavy (non-hydrogen) atoms. The Hall–Kier alpha value is -2.96. The molecular formula is C17H19N5O2. The lowest BCUT2D eigenvalue weighted by Crippen LogP contribution is -2.34. The van der Waals surface area contributed by atoms with Gasteiger partial charge in [-0.1, -0.05) is 13.5 Å². The Labute approximate surface area is 139 Å². The van der Waals surface area contributed by atoms with E-state index in [1.807, 2.05) is 13.0 Å². The van der Waals surface area contributed by atoms with Gasteiger partial charge in [0.05, 0.1) is 0 Å². The van der Waals surface area contributed by atoms with Gasteiger partial charge >= 0.3 is 0 Å². The molecule has 3 rings (SSSR count). The van der Waals surface area contributed by atoms with Gasteiger partial charge in [0.2, 0.25) is 11.9 Å². The van der Waals surface area contributed by atoms with Gasteiger partial charge in [-0.15, -0.1) is 5.10 Å². The number of carbonyl (C=O) groups excluding carboxylic acids is 2. The van der Waals surface area contributed by atoms with E-state index in [1.54, 1.807) is 17.0 Å². The Balaban J connectivity index is 1.81. The molecule has 0 unspecified atom stereocenters. The summed E-state index contributed by atoms with van der Waals surface area (Å²) in [7, 11) is 0. The van der Waals surface area contributed by atoms with E-state index in [0.717, 1.165) is 30.5 Å². The summed E-state index contributed by atoms with van der Waals surface area (Å²) in [6, 6.07) is 5.33. The number of aryl methyl sites for hydroxylation is 2. The van der Waals surface area contributed by atoms with Gasteiger partial charge < -0.3 is 4.90 Å². The molecule has 0 spiro atoms. The maximum Gasteiger partial charge on any atom is 0.258 e. The number of hydrogen-bond donors (Lipinski definition) is 2. The zero-order valence-electron chi connectivity index (χ0n) is 13.5. The Morgan fingerprint density at radius 1 is 1.46 bits per heavy atom. The number of nitrogens with one attached hydrogen (secondary N) is 2. The van der Waals surface area contributed by atoms with E-state index < -0.39 is 0 Å². The van der Waals surface area contributed by atoms with Crippen molar-refractivity contribution in [1.82, 2.24) is 15.2 Å². The molecule has 0 atom stereocenters. The van der Waals surface area contributed by atoms with E-state index in [4.69, 9.17) is 0 Å². The van der Waals surface area contributed by atoms with Crippen molar-refractivity contribution >= 4 is 23.5 Å². The molecular weight excluding hydrogens is 306 g/mol. The highest BCUT2D eigenvalue weighted by molar-refractivity contribution is 6.05. The second-order valence-electron chi connectivity index (χ2n) is 5.55. The number of H-pyrrole nitrogens is 1. The highest BCUT2D eigenvalue weighted by Gasteiger charge is 2.22. The zero-order valence-corrected chi connectivity index (χ0v) is 13.5. The molecule has 1 aromatic heterocycles. The van der Waals surface area contributed by atoms with Crippen LogP contribution in [0.4, 0.5) is 11.6 Å². The molecule has 7 heteroatoms. The summed E-state index contributed by atoms with van der Waals surface area (Å²) in [4.78, 5) is 30.2. The molecule has 0 saturated heterocycles. The minimum Gasteiger partial charge on any atom is -0.309 e. The zero-order chi connectivity index (χ0) is 17.1. The average molecular weight is 325 g/mol. The number of carbonyl (C=O) groups is 2. The van der Waals surface area contributed by atoms with Crippen molar-refractivity contribution in [2.75, 3.05) is 16.8 Å². The molecule has 7 nitrogen and oxygen atoms in total. The largest absolute Gasteiger partial charge is 0.309 e. The van der Waals surface area contributed by atoms with Crippen molar-refractivity contribution in [1.29, 1.82) is 0 Å². The summed E-state index contributed by atoms with van der Waals surface area (Å²) in [6.07, 6.45) is 3.72. The quantitative estimate of drug-likeness (QED) is 0.842. The summed E-state index contributed by atoms with van der Waals surface area (Å²) in [5.74, 6) is 0.583. The van der Waals surface area contributed by atoms with Crippen LogP contribution in [-0.2, 0) is 17.6 Å². The van der Waals surface area contributed by atoms with E-state index in [2.05, 4.69) is 27.1 Å². The number of hydrogen-bond acceptors (Lipinski definition) is 4. The molecule has 2 aromatic rings. The van der Waals surface area contributed by atoms with Gasteiger partial charge in [-0.3, -0.25) is 20.0 Å². The fourth-order valence-corrected chi connectivity index (χ4v) is 2.76. The number of aromatic nitrogens is 3. The molecule has 0 fully saturated rings. The summed E-state index contributed by atoms with van der Waals surface area (Å²) >= 11 is 0. The maximum absolute atomic E-state index is 12.4. The van der Waals surface area contributed by atoms with Crippen molar-refractivity contribution in [2.45, 2.75) is 26.2 Å². The van der Waals surface area contributed by atoms with Crippen molar-refractivity contribution in [3.8, 4) is 0 Å². The lowest BCUT2D eigenvalue weighted by Gasteiger charge is -2.28. The average Bonchev–Trinajstić information content (AvgIpc) is 3.07. The van der Waals surface area contributed by atoms with Gasteiger partial charge in [0.1, 0.15) is 5.82 Å². The summed E-state index contributed by atoms with van der Waals surface area (Å²) < 4.78 is 0. The van der Waals surface area contributed by atoms with Crippen LogP contribution >= 0.6 is 0 Å². The highest BCUT2D eigenvalue weighted by atomic mass is 16.2. The maximum atomic E-state index is 12.4. The summed E-state index contributed by atoms with van der Waals surface area (Å²) in [5.41, 5.74) is 2.34. The van der Waals surface area contributed by atoms with Crippen LogP contribution in [0.15, 0.2) is 30.9 Å². The lowest BCUT2D eigenvalue weighted by atomic mass is 9.99. The molecule has 1 aromatic carbocycles. The molecule has 2 amide bonds. The van der Waals surface area contributed by atoms with Gasteiger partial charge in [-0.05, 0) is 42.7 Å². The Morgan fingerprint density at radius 3 is 3.00 bits per heavy atom. The molecule has 124 valence electrons. The molecule has 0 aliphatic carbocycles. The minimum absolute atomic E-state index is 0.124. The van der Waals surface area contributed by atoms with Crippen molar-refractivity contribution in [3.63, 3.8) is 0 Å². The molecule has 0 radical (unpaired) electrons. The first-order valence-electron chi connectivity index (χ1n) is 7.92. The molecule has 0 bridgehead atoms. The second-order valence-corrected chi connectivity index (χ2v) is 5.55. The van der Waals surface area contributed by atoms with Crippen LogP contribution in [0.1, 0.15) is 35.1 Å². The van der Waals surface area contributed by atoms with Crippen LogP contribution in [0.5, 0.6) is 0 Å². The second kappa shape index (κ2) is 6.66. The van der Waals surface area contributed by atoms with E-state index in [9.17, 15) is 9.59 Å². The first-order chi connectivity index (χ1) is 11.6. The Morgan fingerprint density at radius 2 is 2.29 bits per heavy atom. The van der Waals surface area contributed by atoms with E-state index in [-0.39, 0.29) is 17.8 Å². The van der Waals surface area contributed by atoms with Gasteiger partial charge in [0, 0.05) is 24.2 Å². The molecule has 1 aliphatic heterocycles. The number of nitrogens with zero attached hydrogens (tertiary/aromatic N) is 3. The SMILES string of the molecule is C=CC(=O)N1CCCc2cc(C(=O)Nc3n[nH]c(CC)n3)ccc21. The fraction of sp³-hybridized carbons (Fsp3) is 0.294. The number of fused-ring (bicyclic) bond motifs is 1. The van der Waals surface area contributed by atoms with Gasteiger partial charge in [-0.25, -0.2) is 0 Å². The number of benzene rings is 1. The Bertz CT molecular complexity index is 796. The van der Waals surface area contributed by atoms with Crippen LogP contribution in [0, 0.1) is 0 Å². The molecule has 2 N–H and O–H groups in total. The van der Waals surface area contributed by atoms with Crippen molar-refractivity contribution < 1.29 is 9.59 Å². The van der Waals surface area contributed by atoms with Gasteiger partial charge in [0.25, 0.3) is 5.91 Å². The number of amides is 2. The van der Waals surface area contributed by atoms with Crippen LogP contribution in [-0.4, -0.2) is 33.5 Å². The predicted octanol–water partition coefficient (Wildman–Crippen LogP) is 2.08. The highest BCUT2D eigenvalue weighted by Crippen LogP contribution is 2.28. The summed E-state index contributed by atoms with van der Waals surface area (Å²) in [5, 5.41) is 9.39. The van der Waals surface area contributed by atoms with E-state index >= 15 is 0 Å². The third kappa shape index (κ3) is 3.05. The minimum atomic E-state index is -0.272. The van der Waals surface area contributed by atoms with Crippen LogP contribution in [0.2, 0.25) is 0 Å². The van der Waals surface area contributed by atoms with Crippen molar-refractivity contribution in [3.05, 3.63) is 47.8 Å². The van der Waals surface area contributed by atoms with Crippen molar-refractivity contribution in [2.24, 2.45) is 0 Å². The van der Waals surface area contributed by atoms with Crippen LogP contribution < -0.4 is 10.2 Å². The number of anilines is 2. The van der Waals surface area contributed by atoms with Gasteiger partial charge in [-0.2, -0.15) is 4.98 Å². The predicted molar refractivity (Wildman–Crippen MR) is 91.0 cm³/mol. The van der Waals surface area contributed by atoms with E-state index in [0.29, 0.717) is 17.9 Å².